The lowest BCUT2D eigenvalue weighted by Crippen LogP contribution is -2.67. The minimum absolute atomic E-state index is 0.676. The van der Waals surface area contributed by atoms with Crippen LogP contribution in [0, 0.1) is 0 Å². The average Bonchev–Trinajstić information content (AvgIpc) is 3.17. The van der Waals surface area contributed by atoms with Gasteiger partial charge in [0, 0.05) is 76.2 Å². The molecule has 0 spiro atoms. The fraction of sp³-hybridized carbons (Fsp3) is 0.725. The van der Waals surface area contributed by atoms with Gasteiger partial charge in [-0.1, -0.05) is 0 Å². The summed E-state index contributed by atoms with van der Waals surface area (Å²) in [5, 5.41) is 0. The van der Waals surface area contributed by atoms with Gasteiger partial charge < -0.3 is 75.8 Å². The first-order chi connectivity index (χ1) is 31.3. The highest BCUT2D eigenvalue weighted by molar-refractivity contribution is 5.71. The van der Waals surface area contributed by atoms with Gasteiger partial charge in [0.25, 0.3) is 0 Å². The standard InChI is InChI=1S/C40H54O27/c1-15(41)52-12-26-29(55-17(3)43)33(58-20(6)46)37(62-24(10)50)40(66-26)67-31-27(13-53-16(2)42)64-38(35(60-22(8)48)34(31)59-21(7)47)54-14-28-30(56-18(4)44)32(57-19(5)45)36(61-23(9)49)39(65-28)63-25(11)51/h26-40H,12-14H2,1-11H3/t26-,27-,28-,29-,30-,31-,32+,33+,34+,35-,36-,37-,38-,39-,40-/m1/s1. The van der Waals surface area contributed by atoms with Gasteiger partial charge in [-0.15, -0.1) is 0 Å². The van der Waals surface area contributed by atoms with Crippen molar-refractivity contribution < 1.29 is 129 Å². The molecule has 27 heteroatoms. The topological polar surface area (TPSA) is 335 Å². The molecule has 376 valence electrons. The number of carbonyl (C=O) groups excluding carboxylic acids is 11. The molecule has 0 aromatic carbocycles. The Bertz CT molecular complexity index is 1850. The summed E-state index contributed by atoms with van der Waals surface area (Å²) in [5.74, 6) is -10.5. The summed E-state index contributed by atoms with van der Waals surface area (Å²) in [6, 6.07) is 0. The third-order valence-electron chi connectivity index (χ3n) is 9.09. The molecule has 27 nitrogen and oxygen atoms in total. The number of ether oxygens (including phenoxy) is 16. The van der Waals surface area contributed by atoms with Crippen LogP contribution in [0.25, 0.3) is 0 Å². The summed E-state index contributed by atoms with van der Waals surface area (Å²) < 4.78 is 89.9. The summed E-state index contributed by atoms with van der Waals surface area (Å²) in [7, 11) is 0. The van der Waals surface area contributed by atoms with Crippen molar-refractivity contribution in [2.75, 3.05) is 19.8 Å². The molecule has 0 aromatic heterocycles. The number of hydrogen-bond donors (Lipinski definition) is 0. The van der Waals surface area contributed by atoms with E-state index in [1.54, 1.807) is 0 Å². The van der Waals surface area contributed by atoms with Gasteiger partial charge in [-0.05, 0) is 0 Å². The Balaban J connectivity index is 2.20. The molecular weight excluding hydrogens is 912 g/mol. The lowest BCUT2D eigenvalue weighted by molar-refractivity contribution is -0.365. The van der Waals surface area contributed by atoms with Gasteiger partial charge in [-0.25, -0.2) is 0 Å². The molecule has 15 atom stereocenters. The number of esters is 11. The maximum Gasteiger partial charge on any atom is 0.305 e. The lowest BCUT2D eigenvalue weighted by Gasteiger charge is -2.49. The lowest BCUT2D eigenvalue weighted by atomic mass is 9.95. The summed E-state index contributed by atoms with van der Waals surface area (Å²) >= 11 is 0. The largest absolute Gasteiger partial charge is 0.463 e. The van der Waals surface area contributed by atoms with Gasteiger partial charge in [0.15, 0.2) is 55.3 Å². The molecule has 0 aliphatic carbocycles. The molecule has 3 rings (SSSR count). The molecule has 3 aliphatic heterocycles. The second-order valence-corrected chi connectivity index (χ2v) is 14.9. The minimum atomic E-state index is -1.97. The van der Waals surface area contributed by atoms with E-state index in [2.05, 4.69) is 0 Å². The van der Waals surface area contributed by atoms with Gasteiger partial charge in [-0.2, -0.15) is 0 Å². The van der Waals surface area contributed by atoms with Crippen LogP contribution in [0.1, 0.15) is 76.2 Å². The predicted molar refractivity (Wildman–Crippen MR) is 206 cm³/mol. The second kappa shape index (κ2) is 25.2. The molecule has 3 aliphatic rings. The fourth-order valence-corrected chi connectivity index (χ4v) is 7.04. The molecule has 0 amide bonds. The van der Waals surface area contributed by atoms with Crippen LogP contribution in [0.5, 0.6) is 0 Å². The Morgan fingerprint density at radius 3 is 0.925 bits per heavy atom. The average molecular weight is 967 g/mol. The molecular formula is C40H54O27. The summed E-state index contributed by atoms with van der Waals surface area (Å²) in [6.07, 6.45) is -26.4. The van der Waals surface area contributed by atoms with Crippen molar-refractivity contribution in [1.82, 2.24) is 0 Å². The summed E-state index contributed by atoms with van der Waals surface area (Å²) in [5.41, 5.74) is 0. The van der Waals surface area contributed by atoms with Crippen LogP contribution in [0.15, 0.2) is 0 Å². The Labute approximate surface area is 382 Å². The van der Waals surface area contributed by atoms with E-state index in [1.165, 1.54) is 0 Å². The van der Waals surface area contributed by atoms with E-state index in [4.69, 9.17) is 75.8 Å². The van der Waals surface area contributed by atoms with Crippen LogP contribution in [-0.2, 0) is 129 Å². The molecule has 3 saturated heterocycles. The van der Waals surface area contributed by atoms with Crippen LogP contribution in [-0.4, -0.2) is 178 Å². The van der Waals surface area contributed by atoms with Crippen molar-refractivity contribution in [3.63, 3.8) is 0 Å². The maximum atomic E-state index is 12.9. The Morgan fingerprint density at radius 2 is 0.552 bits per heavy atom. The summed E-state index contributed by atoms with van der Waals surface area (Å²) in [6.45, 7) is 8.59. The molecule has 0 unspecified atom stereocenters. The van der Waals surface area contributed by atoms with Gasteiger partial charge >= 0.3 is 65.7 Å². The predicted octanol–water partition coefficient (Wildman–Crippen LogP) is -1.29. The summed E-state index contributed by atoms with van der Waals surface area (Å²) in [4.78, 5) is 136. The van der Waals surface area contributed by atoms with Crippen molar-refractivity contribution in [3.8, 4) is 0 Å². The molecule has 0 radical (unpaired) electrons. The van der Waals surface area contributed by atoms with Gasteiger partial charge in [-0.3, -0.25) is 52.7 Å². The van der Waals surface area contributed by atoms with Crippen LogP contribution < -0.4 is 0 Å². The van der Waals surface area contributed by atoms with Gasteiger partial charge in [0.05, 0.1) is 6.61 Å². The first-order valence-electron chi connectivity index (χ1n) is 20.3. The van der Waals surface area contributed by atoms with Crippen molar-refractivity contribution in [2.45, 2.75) is 168 Å². The Hall–Kier alpha value is -6.03. The smallest absolute Gasteiger partial charge is 0.305 e. The first-order valence-corrected chi connectivity index (χ1v) is 20.3. The third kappa shape index (κ3) is 17.0. The zero-order valence-electron chi connectivity index (χ0n) is 38.3. The molecule has 0 bridgehead atoms. The highest BCUT2D eigenvalue weighted by atomic mass is 16.8. The zero-order chi connectivity index (χ0) is 50.4. The molecule has 0 aromatic rings. The Morgan fingerprint density at radius 1 is 0.284 bits per heavy atom. The quantitative estimate of drug-likeness (QED) is 0.114. The number of hydrogen-bond acceptors (Lipinski definition) is 27. The van der Waals surface area contributed by atoms with Crippen LogP contribution in [0.4, 0.5) is 0 Å². The van der Waals surface area contributed by atoms with Crippen LogP contribution >= 0.6 is 0 Å². The van der Waals surface area contributed by atoms with E-state index in [1.807, 2.05) is 0 Å². The van der Waals surface area contributed by atoms with Crippen molar-refractivity contribution in [1.29, 1.82) is 0 Å². The number of rotatable bonds is 18. The van der Waals surface area contributed by atoms with E-state index in [0.717, 1.165) is 76.2 Å². The zero-order valence-corrected chi connectivity index (χ0v) is 38.3. The van der Waals surface area contributed by atoms with Crippen molar-refractivity contribution in [2.24, 2.45) is 0 Å². The van der Waals surface area contributed by atoms with E-state index in [0.29, 0.717) is 0 Å². The third-order valence-corrected chi connectivity index (χ3v) is 9.09. The SMILES string of the molecule is CC(=O)OC[C@H]1O[C@H](O[C@H]2[C@H](OC(C)=O)[C@@H](OC(C)=O)[C@H](OC[C@H]3O[C@@H](OC(C)=O)[C@H](OC(C)=O)[C@@H](OC(C)=O)[C@@H]3OC(C)=O)O[C@@H]2COC(C)=O)[C@H](OC(C)=O)[C@@H](OC(C)=O)[C@@H]1OC(C)=O. The van der Waals surface area contributed by atoms with E-state index in [-0.39, 0.29) is 0 Å². The molecule has 0 saturated carbocycles. The first kappa shape index (κ1) is 55.3. The monoisotopic (exact) mass is 966 g/mol. The maximum absolute atomic E-state index is 12.9. The van der Waals surface area contributed by atoms with Gasteiger partial charge in [0.2, 0.25) is 12.4 Å². The molecule has 3 fully saturated rings. The highest BCUT2D eigenvalue weighted by Crippen LogP contribution is 2.37. The Kier molecular flexibility index (Phi) is 20.8. The van der Waals surface area contributed by atoms with Gasteiger partial charge in [0.1, 0.15) is 37.6 Å². The van der Waals surface area contributed by atoms with Crippen LogP contribution in [0.2, 0.25) is 0 Å². The van der Waals surface area contributed by atoms with Crippen LogP contribution in [0.3, 0.4) is 0 Å². The second-order valence-electron chi connectivity index (χ2n) is 14.9. The van der Waals surface area contributed by atoms with E-state index < -0.39 is 178 Å². The normalized spacial score (nSPS) is 31.2. The number of carbonyl (C=O) groups is 11. The van der Waals surface area contributed by atoms with E-state index in [9.17, 15) is 52.7 Å². The van der Waals surface area contributed by atoms with Crippen molar-refractivity contribution in [3.05, 3.63) is 0 Å². The molecule has 67 heavy (non-hydrogen) atoms. The molecule has 0 N–H and O–H groups in total. The van der Waals surface area contributed by atoms with Crippen molar-refractivity contribution >= 4 is 65.7 Å². The fourth-order valence-electron chi connectivity index (χ4n) is 7.04. The highest BCUT2D eigenvalue weighted by Gasteiger charge is 2.59. The van der Waals surface area contributed by atoms with E-state index >= 15 is 0 Å². The molecule has 3 heterocycles. The minimum Gasteiger partial charge on any atom is -0.463 e.